The minimum absolute atomic E-state index is 0.282. The third kappa shape index (κ3) is 4.77. The molecule has 0 saturated carbocycles. The fourth-order valence-corrected chi connectivity index (χ4v) is 4.84. The zero-order chi connectivity index (χ0) is 16.4. The molecule has 0 aromatic carbocycles. The maximum atomic E-state index is 12.3. The molecule has 7 nitrogen and oxygen atoms in total. The number of rotatable bonds is 3. The number of carboxylic acids is 1. The highest BCUT2D eigenvalue weighted by Crippen LogP contribution is 2.23. The van der Waals surface area contributed by atoms with Crippen LogP contribution in [0.15, 0.2) is 0 Å². The van der Waals surface area contributed by atoms with Crippen molar-refractivity contribution in [1.29, 1.82) is 0 Å². The Kier molecular flexibility index (Phi) is 5.54. The molecule has 2 amide bonds. The predicted octanol–water partition coefficient (Wildman–Crippen LogP) is 0.615. The second-order valence-corrected chi connectivity index (χ2v) is 9.49. The van der Waals surface area contributed by atoms with Gasteiger partial charge in [0.05, 0.1) is 0 Å². The molecule has 1 saturated heterocycles. The van der Waals surface area contributed by atoms with Gasteiger partial charge in [0.25, 0.3) is 0 Å². The van der Waals surface area contributed by atoms with Gasteiger partial charge in [0.15, 0.2) is 9.84 Å². The fraction of sp³-hybridized carbons (Fsp3) is 0.833. The normalized spacial score (nSPS) is 21.7. The van der Waals surface area contributed by atoms with E-state index in [0.29, 0.717) is 11.5 Å². The number of urea groups is 1. The summed E-state index contributed by atoms with van der Waals surface area (Å²) in [7, 11) is -3.41. The highest BCUT2D eigenvalue weighted by atomic mass is 32.2. The lowest BCUT2D eigenvalue weighted by Gasteiger charge is -2.36. The number of thioether (sulfide) groups is 1. The Labute approximate surface area is 129 Å². The van der Waals surface area contributed by atoms with Crippen molar-refractivity contribution < 1.29 is 23.1 Å². The van der Waals surface area contributed by atoms with Gasteiger partial charge in [-0.05, 0) is 5.41 Å². The molecule has 0 bridgehead atoms. The molecule has 0 aromatic heterocycles. The number of sulfone groups is 1. The SMILES string of the molecule is CC(C)(C)C(NC(=O)N1CCSCC1S(C)(=O)=O)C(=O)O. The number of amides is 2. The molecular weight excluding hydrogens is 316 g/mol. The van der Waals surface area contributed by atoms with E-state index < -0.39 is 38.7 Å². The molecule has 0 aliphatic carbocycles. The van der Waals surface area contributed by atoms with E-state index in [0.717, 1.165) is 6.26 Å². The Balaban J connectivity index is 2.92. The first-order valence-corrected chi connectivity index (χ1v) is 9.62. The topological polar surface area (TPSA) is 104 Å². The second-order valence-electron chi connectivity index (χ2n) is 6.14. The molecule has 0 aromatic rings. The monoisotopic (exact) mass is 338 g/mol. The largest absolute Gasteiger partial charge is 0.480 e. The first-order valence-electron chi connectivity index (χ1n) is 6.51. The number of aliphatic carboxylic acids is 1. The molecule has 2 unspecified atom stereocenters. The van der Waals surface area contributed by atoms with E-state index >= 15 is 0 Å². The number of carbonyl (C=O) groups excluding carboxylic acids is 1. The van der Waals surface area contributed by atoms with Crippen LogP contribution in [-0.4, -0.2) is 66.1 Å². The van der Waals surface area contributed by atoms with Crippen LogP contribution in [0.4, 0.5) is 4.79 Å². The fourth-order valence-electron chi connectivity index (χ4n) is 2.02. The van der Waals surface area contributed by atoms with E-state index in [2.05, 4.69) is 5.32 Å². The molecule has 0 radical (unpaired) electrons. The summed E-state index contributed by atoms with van der Waals surface area (Å²) in [6.07, 6.45) is 1.09. The summed E-state index contributed by atoms with van der Waals surface area (Å²) in [6, 6.07) is -1.73. The average Bonchev–Trinajstić information content (AvgIpc) is 2.32. The van der Waals surface area contributed by atoms with Gasteiger partial charge >= 0.3 is 12.0 Å². The summed E-state index contributed by atoms with van der Waals surface area (Å²) in [4.78, 5) is 24.8. The van der Waals surface area contributed by atoms with Crippen LogP contribution in [0.5, 0.6) is 0 Å². The Hall–Kier alpha value is -0.960. The van der Waals surface area contributed by atoms with Crippen molar-refractivity contribution in [3.8, 4) is 0 Å². The van der Waals surface area contributed by atoms with Gasteiger partial charge in [-0.1, -0.05) is 20.8 Å². The summed E-state index contributed by atoms with van der Waals surface area (Å²) < 4.78 is 23.5. The third-order valence-electron chi connectivity index (χ3n) is 3.22. The number of carbonyl (C=O) groups is 2. The van der Waals surface area contributed by atoms with Gasteiger partial charge < -0.3 is 15.3 Å². The Morgan fingerprint density at radius 2 is 1.95 bits per heavy atom. The lowest BCUT2D eigenvalue weighted by molar-refractivity contribution is -0.142. The van der Waals surface area contributed by atoms with Crippen molar-refractivity contribution in [1.82, 2.24) is 10.2 Å². The number of carboxylic acid groups (broad SMARTS) is 1. The minimum Gasteiger partial charge on any atom is -0.480 e. The summed E-state index contributed by atoms with van der Waals surface area (Å²) >= 11 is 1.46. The van der Waals surface area contributed by atoms with Crippen molar-refractivity contribution >= 4 is 33.6 Å². The Morgan fingerprint density at radius 3 is 2.38 bits per heavy atom. The number of hydrogen-bond acceptors (Lipinski definition) is 5. The molecule has 21 heavy (non-hydrogen) atoms. The average molecular weight is 338 g/mol. The highest BCUT2D eigenvalue weighted by molar-refractivity contribution is 8.00. The van der Waals surface area contributed by atoms with Crippen LogP contribution in [0.25, 0.3) is 0 Å². The highest BCUT2D eigenvalue weighted by Gasteiger charge is 2.38. The third-order valence-corrected chi connectivity index (χ3v) is 5.86. The van der Waals surface area contributed by atoms with Crippen molar-refractivity contribution in [2.24, 2.45) is 5.41 Å². The van der Waals surface area contributed by atoms with Crippen LogP contribution in [-0.2, 0) is 14.6 Å². The van der Waals surface area contributed by atoms with Crippen LogP contribution in [0, 0.1) is 5.41 Å². The maximum absolute atomic E-state index is 12.3. The molecule has 2 N–H and O–H groups in total. The molecule has 1 heterocycles. The first-order chi connectivity index (χ1) is 9.44. The number of hydrogen-bond donors (Lipinski definition) is 2. The van der Waals surface area contributed by atoms with Crippen LogP contribution >= 0.6 is 11.8 Å². The summed E-state index contributed by atoms with van der Waals surface area (Å²) in [6.45, 7) is 5.38. The van der Waals surface area contributed by atoms with Gasteiger partial charge in [0.1, 0.15) is 11.4 Å². The van der Waals surface area contributed by atoms with Crippen molar-refractivity contribution in [3.63, 3.8) is 0 Å². The molecule has 122 valence electrons. The summed E-state index contributed by atoms with van der Waals surface area (Å²) in [5.74, 6) is -0.204. The van der Waals surface area contributed by atoms with Gasteiger partial charge in [0, 0.05) is 24.3 Å². The van der Waals surface area contributed by atoms with Gasteiger partial charge in [-0.2, -0.15) is 11.8 Å². The van der Waals surface area contributed by atoms with E-state index in [1.54, 1.807) is 20.8 Å². The van der Waals surface area contributed by atoms with Crippen molar-refractivity contribution in [2.45, 2.75) is 32.2 Å². The molecule has 9 heteroatoms. The first kappa shape index (κ1) is 18.1. The molecular formula is C12H22N2O5S2. The van der Waals surface area contributed by atoms with Gasteiger partial charge in [-0.25, -0.2) is 18.0 Å². The van der Waals surface area contributed by atoms with E-state index in [9.17, 15) is 23.1 Å². The second kappa shape index (κ2) is 6.43. The van der Waals surface area contributed by atoms with Crippen LogP contribution < -0.4 is 5.32 Å². The van der Waals surface area contributed by atoms with Crippen molar-refractivity contribution in [3.05, 3.63) is 0 Å². The lowest BCUT2D eigenvalue weighted by atomic mass is 9.87. The minimum atomic E-state index is -3.41. The zero-order valence-electron chi connectivity index (χ0n) is 12.6. The van der Waals surface area contributed by atoms with Crippen LogP contribution in [0.3, 0.4) is 0 Å². The predicted molar refractivity (Wildman–Crippen MR) is 82.1 cm³/mol. The zero-order valence-corrected chi connectivity index (χ0v) is 14.3. The quantitative estimate of drug-likeness (QED) is 0.781. The molecule has 1 fully saturated rings. The van der Waals surface area contributed by atoms with E-state index in [1.165, 1.54) is 16.7 Å². The Bertz CT molecular complexity index is 512. The van der Waals surface area contributed by atoms with E-state index in [1.807, 2.05) is 0 Å². The van der Waals surface area contributed by atoms with Gasteiger partial charge in [0.2, 0.25) is 0 Å². The lowest BCUT2D eigenvalue weighted by Crippen LogP contribution is -2.58. The van der Waals surface area contributed by atoms with Crippen LogP contribution in [0.1, 0.15) is 20.8 Å². The molecule has 1 aliphatic heterocycles. The van der Waals surface area contributed by atoms with Gasteiger partial charge in [-0.15, -0.1) is 0 Å². The maximum Gasteiger partial charge on any atom is 0.326 e. The standard InChI is InChI=1S/C12H22N2O5S2/c1-12(2,3)9(10(15)16)13-11(17)14-5-6-20-7-8(14)21(4,18)19/h8-9H,5-7H2,1-4H3,(H,13,17)(H,15,16). The van der Waals surface area contributed by atoms with Gasteiger partial charge in [-0.3, -0.25) is 0 Å². The van der Waals surface area contributed by atoms with Crippen molar-refractivity contribution in [2.75, 3.05) is 24.3 Å². The number of nitrogens with one attached hydrogen (secondary N) is 1. The molecule has 1 aliphatic rings. The summed E-state index contributed by atoms with van der Waals surface area (Å²) in [5.41, 5.74) is -0.674. The van der Waals surface area contributed by atoms with E-state index in [4.69, 9.17) is 0 Å². The smallest absolute Gasteiger partial charge is 0.326 e. The molecule has 0 spiro atoms. The molecule has 2 atom stereocenters. The Morgan fingerprint density at radius 1 is 1.38 bits per heavy atom. The summed E-state index contributed by atoms with van der Waals surface area (Å²) in [5, 5.41) is 10.8. The molecule has 1 rings (SSSR count). The number of nitrogens with zero attached hydrogens (tertiary/aromatic N) is 1. The van der Waals surface area contributed by atoms with Crippen LogP contribution in [0.2, 0.25) is 0 Å². The van der Waals surface area contributed by atoms with E-state index in [-0.39, 0.29) is 6.54 Å².